The van der Waals surface area contributed by atoms with Crippen LogP contribution in [-0.2, 0) is 17.8 Å². The Hall–Kier alpha value is -3.41. The molecule has 1 aliphatic heterocycles. The van der Waals surface area contributed by atoms with Crippen molar-refractivity contribution in [3.63, 3.8) is 0 Å². The van der Waals surface area contributed by atoms with Crippen LogP contribution in [0.4, 0.5) is 0 Å². The number of fused-ring (bicyclic) bond motifs is 1. The van der Waals surface area contributed by atoms with Crippen LogP contribution in [0.15, 0.2) is 70.5 Å². The lowest BCUT2D eigenvalue weighted by Crippen LogP contribution is -2.36. The van der Waals surface area contributed by atoms with E-state index in [1.807, 2.05) is 16.7 Å². The minimum absolute atomic E-state index is 0.0211. The third-order valence-electron chi connectivity index (χ3n) is 4.67. The molecule has 4 rings (SSSR count). The van der Waals surface area contributed by atoms with Crippen molar-refractivity contribution in [3.05, 3.63) is 82.3 Å². The normalized spacial score (nSPS) is 13.1. The number of aromatic nitrogens is 1. The van der Waals surface area contributed by atoms with Gasteiger partial charge in [-0.05, 0) is 35.2 Å². The molecule has 0 fully saturated rings. The van der Waals surface area contributed by atoms with Gasteiger partial charge in [-0.15, -0.1) is 0 Å². The fraction of sp³-hybridized carbons (Fsp3) is 0.227. The van der Waals surface area contributed by atoms with Gasteiger partial charge in [0, 0.05) is 25.7 Å². The molecule has 0 unspecified atom stereocenters. The van der Waals surface area contributed by atoms with Gasteiger partial charge in [0.25, 0.3) is 12.0 Å². The summed E-state index contributed by atoms with van der Waals surface area (Å²) in [5, 5.41) is 12.7. The highest BCUT2D eigenvalue weighted by molar-refractivity contribution is 5.97. The molecule has 2 heterocycles. The lowest BCUT2D eigenvalue weighted by atomic mass is 10.0. The molecule has 28 heavy (non-hydrogen) atoms. The van der Waals surface area contributed by atoms with Gasteiger partial charge in [0.15, 0.2) is 0 Å². The summed E-state index contributed by atoms with van der Waals surface area (Å²) in [5.41, 5.74) is 2.17. The van der Waals surface area contributed by atoms with E-state index in [0.717, 1.165) is 37.5 Å². The first-order valence-corrected chi connectivity index (χ1v) is 9.27. The third-order valence-corrected chi connectivity index (χ3v) is 4.67. The highest BCUT2D eigenvalue weighted by Crippen LogP contribution is 2.19. The fourth-order valence-corrected chi connectivity index (χ4v) is 3.40. The molecular weight excluding hydrogens is 354 g/mol. The van der Waals surface area contributed by atoms with Crippen molar-refractivity contribution in [2.45, 2.75) is 19.4 Å². The smallest absolute Gasteiger partial charge is 0.290 e. The molecule has 1 aromatic heterocycles. The number of hydrogen-bond donors (Lipinski definition) is 2. The van der Waals surface area contributed by atoms with Crippen LogP contribution in [0.3, 0.4) is 0 Å². The molecular formula is C22H23N3O3. The minimum Gasteiger partial charge on any atom is -0.483 e. The number of carbonyl (C=O) groups is 1. The Bertz CT molecular complexity index is 1040. The van der Waals surface area contributed by atoms with E-state index in [4.69, 9.17) is 9.90 Å². The molecule has 0 spiro atoms. The van der Waals surface area contributed by atoms with Crippen LogP contribution in [0.2, 0.25) is 0 Å². The number of nitrogens with zero attached hydrogens (tertiary/aromatic N) is 2. The lowest BCUT2D eigenvalue weighted by molar-refractivity contribution is -0.122. The van der Waals surface area contributed by atoms with Gasteiger partial charge in [-0.1, -0.05) is 48.5 Å². The fourth-order valence-electron chi connectivity index (χ4n) is 3.40. The molecule has 144 valence electrons. The number of rotatable bonds is 4. The zero-order chi connectivity index (χ0) is 19.8. The van der Waals surface area contributed by atoms with Gasteiger partial charge in [-0.2, -0.15) is 0 Å². The van der Waals surface area contributed by atoms with E-state index in [2.05, 4.69) is 52.8 Å². The van der Waals surface area contributed by atoms with Crippen molar-refractivity contribution in [3.8, 4) is 0 Å². The van der Waals surface area contributed by atoms with E-state index < -0.39 is 0 Å². The van der Waals surface area contributed by atoms with Crippen LogP contribution < -0.4 is 10.9 Å². The number of pyridine rings is 1. The summed E-state index contributed by atoms with van der Waals surface area (Å²) in [7, 11) is 0. The van der Waals surface area contributed by atoms with E-state index in [-0.39, 0.29) is 12.0 Å². The Morgan fingerprint density at radius 1 is 1.07 bits per heavy atom. The minimum atomic E-state index is -0.250. The molecule has 0 amide bonds. The molecule has 0 aliphatic carbocycles. The van der Waals surface area contributed by atoms with E-state index >= 15 is 0 Å². The van der Waals surface area contributed by atoms with Crippen LogP contribution in [0, 0.1) is 0 Å². The summed E-state index contributed by atoms with van der Waals surface area (Å²) >= 11 is 0. The van der Waals surface area contributed by atoms with Crippen molar-refractivity contribution in [1.82, 2.24) is 9.88 Å². The molecule has 0 saturated carbocycles. The molecule has 0 saturated heterocycles. The van der Waals surface area contributed by atoms with Gasteiger partial charge in [-0.25, -0.2) is 0 Å². The molecule has 2 N–H and O–H groups in total. The van der Waals surface area contributed by atoms with Crippen LogP contribution in [0.1, 0.15) is 17.7 Å². The summed E-state index contributed by atoms with van der Waals surface area (Å²) in [5.74, 6) is 0.835. The zero-order valence-corrected chi connectivity index (χ0v) is 15.5. The van der Waals surface area contributed by atoms with Crippen molar-refractivity contribution in [2.75, 3.05) is 13.1 Å². The molecule has 6 nitrogen and oxygen atoms in total. The molecule has 0 bridgehead atoms. The standard InChI is InChI=1S/C21H21N3O.CH2O2/c25-20-11-4-10-19(21-22-13-5-14-23-21)24(20)15-12-17-8-3-7-16-6-1-2-9-18(16)17;2-1-3/h1-4,6-11H,5,12-15H2,(H,22,23);1H,(H,2,3). The lowest BCUT2D eigenvalue weighted by Gasteiger charge is -2.19. The second-order valence-corrected chi connectivity index (χ2v) is 6.41. The molecule has 3 aromatic rings. The van der Waals surface area contributed by atoms with Gasteiger partial charge >= 0.3 is 0 Å². The molecule has 0 atom stereocenters. The van der Waals surface area contributed by atoms with E-state index in [1.165, 1.54) is 16.3 Å². The number of hydrogen-bond acceptors (Lipinski definition) is 4. The summed E-state index contributed by atoms with van der Waals surface area (Å²) < 4.78 is 1.83. The second-order valence-electron chi connectivity index (χ2n) is 6.41. The van der Waals surface area contributed by atoms with E-state index in [1.54, 1.807) is 6.07 Å². The highest BCUT2D eigenvalue weighted by Gasteiger charge is 2.12. The van der Waals surface area contributed by atoms with Crippen molar-refractivity contribution in [1.29, 1.82) is 0 Å². The maximum Gasteiger partial charge on any atom is 0.290 e. The van der Waals surface area contributed by atoms with Crippen LogP contribution in [-0.4, -0.2) is 35.1 Å². The number of aryl methyl sites for hydroxylation is 1. The van der Waals surface area contributed by atoms with Crippen molar-refractivity contribution in [2.24, 2.45) is 4.99 Å². The van der Waals surface area contributed by atoms with Gasteiger partial charge in [0.1, 0.15) is 5.84 Å². The molecule has 6 heteroatoms. The van der Waals surface area contributed by atoms with Gasteiger partial charge in [0.2, 0.25) is 0 Å². The van der Waals surface area contributed by atoms with Gasteiger partial charge < -0.3 is 15.0 Å². The number of benzene rings is 2. The number of aliphatic imine (C=N–C) groups is 1. The predicted molar refractivity (Wildman–Crippen MR) is 111 cm³/mol. The summed E-state index contributed by atoms with van der Waals surface area (Å²) in [6.07, 6.45) is 1.85. The molecule has 2 aromatic carbocycles. The first-order chi connectivity index (χ1) is 13.7. The van der Waals surface area contributed by atoms with E-state index in [0.29, 0.717) is 6.54 Å². The highest BCUT2D eigenvalue weighted by atomic mass is 16.3. The average molecular weight is 377 g/mol. The topological polar surface area (TPSA) is 83.7 Å². The average Bonchev–Trinajstić information content (AvgIpc) is 2.74. The Balaban J connectivity index is 0.000000706. The largest absolute Gasteiger partial charge is 0.483 e. The monoisotopic (exact) mass is 377 g/mol. The Kier molecular flexibility index (Phi) is 6.57. The Labute approximate surface area is 163 Å². The molecule has 0 radical (unpaired) electrons. The summed E-state index contributed by atoms with van der Waals surface area (Å²) in [6, 6.07) is 20.1. The van der Waals surface area contributed by atoms with E-state index in [9.17, 15) is 4.79 Å². The number of nitrogens with one attached hydrogen (secondary N) is 1. The Morgan fingerprint density at radius 3 is 2.61 bits per heavy atom. The SMILES string of the molecule is O=CO.O=c1cccc(C2=NCCCN2)n1CCc1cccc2ccccc12. The van der Waals surface area contributed by atoms with Crippen LogP contribution in [0.25, 0.3) is 10.8 Å². The van der Waals surface area contributed by atoms with Crippen LogP contribution in [0.5, 0.6) is 0 Å². The predicted octanol–water partition coefficient (Wildman–Crippen LogP) is 2.68. The third kappa shape index (κ3) is 4.46. The van der Waals surface area contributed by atoms with Gasteiger partial charge in [-0.3, -0.25) is 14.6 Å². The van der Waals surface area contributed by atoms with Crippen molar-refractivity contribution < 1.29 is 9.90 Å². The maximum atomic E-state index is 12.4. The maximum absolute atomic E-state index is 12.4. The quantitative estimate of drug-likeness (QED) is 0.685. The number of carboxylic acid groups (broad SMARTS) is 1. The molecule has 1 aliphatic rings. The first-order valence-electron chi connectivity index (χ1n) is 9.27. The summed E-state index contributed by atoms with van der Waals surface area (Å²) in [6.45, 7) is 2.11. The zero-order valence-electron chi connectivity index (χ0n) is 15.5. The first kappa shape index (κ1) is 19.4. The summed E-state index contributed by atoms with van der Waals surface area (Å²) in [4.78, 5) is 25.4. The Morgan fingerprint density at radius 2 is 1.82 bits per heavy atom. The van der Waals surface area contributed by atoms with Gasteiger partial charge in [0.05, 0.1) is 5.69 Å². The van der Waals surface area contributed by atoms with Crippen molar-refractivity contribution >= 4 is 23.1 Å². The van der Waals surface area contributed by atoms with Crippen LogP contribution >= 0.6 is 0 Å². The number of amidine groups is 1. The second kappa shape index (κ2) is 9.50.